The predicted octanol–water partition coefficient (Wildman–Crippen LogP) is 4.16. The minimum atomic E-state index is -1.11. The fourth-order valence-electron chi connectivity index (χ4n) is 7.47. The van der Waals surface area contributed by atoms with Crippen molar-refractivity contribution in [1.82, 2.24) is 29.2 Å². The highest BCUT2D eigenvalue weighted by Gasteiger charge is 2.43. The molecule has 3 aromatic rings. The van der Waals surface area contributed by atoms with Crippen LogP contribution in [-0.4, -0.2) is 109 Å². The van der Waals surface area contributed by atoms with Gasteiger partial charge in [0.1, 0.15) is 12.1 Å². The van der Waals surface area contributed by atoms with E-state index in [0.29, 0.717) is 37.6 Å². The third-order valence-corrected chi connectivity index (χ3v) is 10.2. The Kier molecular flexibility index (Phi) is 11.3. The molecule has 1 aliphatic heterocycles. The number of amides is 2. The second-order valence-corrected chi connectivity index (χ2v) is 13.8. The van der Waals surface area contributed by atoms with Crippen LogP contribution < -0.4 is 0 Å². The van der Waals surface area contributed by atoms with Gasteiger partial charge in [0.2, 0.25) is 5.91 Å². The Balaban J connectivity index is 1.31. The lowest BCUT2D eigenvalue weighted by Crippen LogP contribution is -2.62. The van der Waals surface area contributed by atoms with E-state index >= 15 is 0 Å². The lowest BCUT2D eigenvalue weighted by Gasteiger charge is -2.45. The van der Waals surface area contributed by atoms with E-state index in [1.807, 2.05) is 42.1 Å². The number of ether oxygens (including phenoxy) is 1. The molecule has 3 heterocycles. The van der Waals surface area contributed by atoms with Gasteiger partial charge in [-0.2, -0.15) is 0 Å². The summed E-state index contributed by atoms with van der Waals surface area (Å²) in [4.78, 5) is 43.1. The van der Waals surface area contributed by atoms with E-state index in [-0.39, 0.29) is 31.1 Å². The third kappa shape index (κ3) is 8.02. The van der Waals surface area contributed by atoms with E-state index in [1.165, 1.54) is 0 Å². The second kappa shape index (κ2) is 15.8. The Morgan fingerprint density at radius 3 is 2.69 bits per heavy atom. The summed E-state index contributed by atoms with van der Waals surface area (Å²) < 4.78 is 8.00. The lowest BCUT2D eigenvalue weighted by atomic mass is 9.95. The van der Waals surface area contributed by atoms with E-state index < -0.39 is 24.8 Å². The van der Waals surface area contributed by atoms with Crippen molar-refractivity contribution in [3.05, 3.63) is 82.2 Å². The number of piperazine rings is 1. The van der Waals surface area contributed by atoms with Gasteiger partial charge in [0, 0.05) is 56.7 Å². The summed E-state index contributed by atoms with van der Waals surface area (Å²) in [7, 11) is 0. The number of rotatable bonds is 10. The summed E-state index contributed by atoms with van der Waals surface area (Å²) in [6, 6.07) is 8.97. The normalized spacial score (nSPS) is 20.8. The minimum absolute atomic E-state index is 0.0462. The topological polar surface area (TPSA) is 124 Å². The summed E-state index contributed by atoms with van der Waals surface area (Å²) in [5.41, 5.74) is 5.26. The van der Waals surface area contributed by atoms with Crippen molar-refractivity contribution in [2.24, 2.45) is 0 Å². The van der Waals surface area contributed by atoms with Crippen LogP contribution in [0.2, 0.25) is 5.02 Å². The molecule has 2 N–H and O–H groups in total. The maximum Gasteiger partial charge on any atom is 0.410 e. The zero-order chi connectivity index (χ0) is 33.6. The van der Waals surface area contributed by atoms with Gasteiger partial charge in [-0.1, -0.05) is 30.2 Å². The number of hydrogen-bond donors (Lipinski definition) is 2. The maximum atomic E-state index is 14.6. The van der Waals surface area contributed by atoms with E-state index in [4.69, 9.17) is 21.3 Å². The molecule has 48 heavy (non-hydrogen) atoms. The van der Waals surface area contributed by atoms with Crippen LogP contribution in [0.15, 0.2) is 49.1 Å². The number of nitrogens with zero attached hydrogens (tertiary/aromatic N) is 6. The van der Waals surface area contributed by atoms with Crippen molar-refractivity contribution in [1.29, 1.82) is 0 Å². The molecular weight excluding hydrogens is 632 g/mol. The number of halogens is 1. The van der Waals surface area contributed by atoms with Gasteiger partial charge < -0.3 is 24.4 Å². The molecule has 2 amide bonds. The molecule has 1 saturated carbocycles. The van der Waals surface area contributed by atoms with Gasteiger partial charge in [-0.3, -0.25) is 19.6 Å². The van der Waals surface area contributed by atoms with E-state index in [0.717, 1.165) is 73.0 Å². The van der Waals surface area contributed by atoms with Gasteiger partial charge in [-0.05, 0) is 86.8 Å². The van der Waals surface area contributed by atoms with Gasteiger partial charge >= 0.3 is 6.09 Å². The maximum absolute atomic E-state index is 14.6. The van der Waals surface area contributed by atoms with Crippen LogP contribution in [0.1, 0.15) is 72.6 Å². The second-order valence-electron chi connectivity index (χ2n) is 13.4. The SMILES string of the molecule is Cc1cn(CCCN(C[C@@H](O)CO)C(=O)[C@H]2CN([C@H]3c4ccc(Cl)cc4CCc4cccnc43)CCN2C(=O)OC2CCCCC2)cn1. The average molecular weight is 679 g/mol. The van der Waals surface area contributed by atoms with Crippen molar-refractivity contribution in [3.8, 4) is 0 Å². The number of aliphatic hydroxyl groups excluding tert-OH is 2. The first-order valence-electron chi connectivity index (χ1n) is 17.3. The molecule has 0 radical (unpaired) electrons. The van der Waals surface area contributed by atoms with Crippen LogP contribution in [0.25, 0.3) is 0 Å². The van der Waals surface area contributed by atoms with Gasteiger partial charge in [0.15, 0.2) is 0 Å². The molecule has 258 valence electrons. The van der Waals surface area contributed by atoms with Crippen LogP contribution >= 0.6 is 11.6 Å². The molecule has 1 aromatic carbocycles. The van der Waals surface area contributed by atoms with Crippen LogP contribution in [-0.2, 0) is 28.9 Å². The molecule has 12 heteroatoms. The Labute approximate surface area is 287 Å². The molecule has 1 saturated heterocycles. The number of aryl methyl sites for hydroxylation is 4. The first kappa shape index (κ1) is 34.4. The summed E-state index contributed by atoms with van der Waals surface area (Å²) >= 11 is 6.46. The number of pyridine rings is 1. The fourth-order valence-corrected chi connectivity index (χ4v) is 7.66. The fraction of sp³-hybridized carbons (Fsp3) is 0.556. The molecule has 6 rings (SSSR count). The van der Waals surface area contributed by atoms with Crippen molar-refractivity contribution in [2.75, 3.05) is 39.3 Å². The summed E-state index contributed by atoms with van der Waals surface area (Å²) in [6.07, 6.45) is 10.9. The molecule has 3 atom stereocenters. The highest BCUT2D eigenvalue weighted by Crippen LogP contribution is 2.38. The molecular formula is C36H47ClN6O5. The largest absolute Gasteiger partial charge is 0.446 e. The van der Waals surface area contributed by atoms with Crippen LogP contribution in [0.3, 0.4) is 0 Å². The monoisotopic (exact) mass is 678 g/mol. The average Bonchev–Trinajstić information content (AvgIpc) is 3.44. The molecule has 2 fully saturated rings. The van der Waals surface area contributed by atoms with E-state index in [9.17, 15) is 19.8 Å². The highest BCUT2D eigenvalue weighted by atomic mass is 35.5. The molecule has 0 unspecified atom stereocenters. The smallest absolute Gasteiger partial charge is 0.410 e. The number of hydrogen-bond acceptors (Lipinski definition) is 8. The number of imidazole rings is 1. The molecule has 0 bridgehead atoms. The Morgan fingerprint density at radius 2 is 1.92 bits per heavy atom. The van der Waals surface area contributed by atoms with Gasteiger partial charge in [-0.15, -0.1) is 0 Å². The number of aromatic nitrogens is 3. The first-order chi connectivity index (χ1) is 23.3. The molecule has 11 nitrogen and oxygen atoms in total. The van der Waals surface area contributed by atoms with Crippen LogP contribution in [0, 0.1) is 6.92 Å². The number of carbonyl (C=O) groups is 2. The zero-order valence-corrected chi connectivity index (χ0v) is 28.5. The van der Waals surface area contributed by atoms with Gasteiger partial charge in [-0.25, -0.2) is 9.78 Å². The van der Waals surface area contributed by atoms with E-state index in [2.05, 4.69) is 22.0 Å². The van der Waals surface area contributed by atoms with Crippen LogP contribution in [0.5, 0.6) is 0 Å². The standard InChI is InChI=1S/C36H47ClN6O5/c1-25-20-40(24-39-25)15-6-16-42(21-29(45)23-44)35(46)32-22-41(17-18-43(32)36(47)48-30-8-3-2-4-9-30)34-31-13-12-28(37)19-27(31)11-10-26-7-5-14-38-33(26)34/h5,7,12-14,19-20,24,29-30,32,34,44-45H,2-4,6,8-11,15-18,21-23H2,1H3/t29-,32-,34+/m1/s1. The molecule has 0 spiro atoms. The van der Waals surface area contributed by atoms with Crippen molar-refractivity contribution >= 4 is 23.6 Å². The van der Waals surface area contributed by atoms with Crippen molar-refractivity contribution in [3.63, 3.8) is 0 Å². The number of fused-ring (bicyclic) bond motifs is 2. The highest BCUT2D eigenvalue weighted by molar-refractivity contribution is 6.30. The summed E-state index contributed by atoms with van der Waals surface area (Å²) in [6.45, 7) is 3.45. The van der Waals surface area contributed by atoms with E-state index in [1.54, 1.807) is 16.1 Å². The minimum Gasteiger partial charge on any atom is -0.446 e. The number of aliphatic hydroxyl groups is 2. The van der Waals surface area contributed by atoms with Crippen molar-refractivity contribution in [2.45, 2.75) is 89.1 Å². The first-order valence-corrected chi connectivity index (χ1v) is 17.7. The molecule has 3 aliphatic rings. The molecule has 2 aliphatic carbocycles. The Bertz CT molecular complexity index is 1560. The zero-order valence-electron chi connectivity index (χ0n) is 27.7. The molecule has 2 aromatic heterocycles. The Morgan fingerprint density at radius 1 is 1.10 bits per heavy atom. The Hall–Kier alpha value is -3.51. The predicted molar refractivity (Wildman–Crippen MR) is 182 cm³/mol. The van der Waals surface area contributed by atoms with Crippen LogP contribution in [0.4, 0.5) is 4.79 Å². The van der Waals surface area contributed by atoms with Gasteiger partial charge in [0.05, 0.1) is 36.5 Å². The lowest BCUT2D eigenvalue weighted by molar-refractivity contribution is -0.141. The third-order valence-electron chi connectivity index (χ3n) is 9.92. The summed E-state index contributed by atoms with van der Waals surface area (Å²) in [5.74, 6) is -0.277. The number of benzene rings is 1. The summed E-state index contributed by atoms with van der Waals surface area (Å²) in [5, 5.41) is 20.9. The van der Waals surface area contributed by atoms with Crippen molar-refractivity contribution < 1.29 is 24.5 Å². The van der Waals surface area contributed by atoms with Gasteiger partial charge in [0.25, 0.3) is 0 Å². The number of carbonyl (C=O) groups excluding carboxylic acids is 2. The quantitative estimate of drug-likeness (QED) is 0.328.